The molecule has 4 nitrogen and oxygen atoms in total. The molecule has 0 fully saturated rings. The minimum absolute atomic E-state index is 0.116. The van der Waals surface area contributed by atoms with E-state index in [0.29, 0.717) is 24.0 Å². The highest BCUT2D eigenvalue weighted by molar-refractivity contribution is 7.08. The Labute approximate surface area is 145 Å². The molecule has 2 aromatic heterocycles. The number of aromatic nitrogens is 1. The molecule has 0 unspecified atom stereocenters. The van der Waals surface area contributed by atoms with E-state index in [4.69, 9.17) is 9.15 Å². The summed E-state index contributed by atoms with van der Waals surface area (Å²) in [6.45, 7) is 2.51. The van der Waals surface area contributed by atoms with Crippen LogP contribution in [0.2, 0.25) is 0 Å². The first kappa shape index (κ1) is 16.5. The summed E-state index contributed by atoms with van der Waals surface area (Å²) in [5, 5.41) is 3.96. The van der Waals surface area contributed by atoms with Gasteiger partial charge < -0.3 is 9.15 Å². The number of unbranched alkanes of at least 4 members (excludes halogenated alkanes) is 1. The van der Waals surface area contributed by atoms with Gasteiger partial charge in [-0.25, -0.2) is 4.98 Å². The fourth-order valence-corrected chi connectivity index (χ4v) is 2.95. The number of carbonyl (C=O) groups excluding carboxylic acids is 1. The van der Waals surface area contributed by atoms with Crippen LogP contribution in [0.3, 0.4) is 0 Å². The molecule has 0 radical (unpaired) electrons. The van der Waals surface area contributed by atoms with Gasteiger partial charge in [0.15, 0.2) is 5.76 Å². The molecule has 124 valence electrons. The second-order valence-corrected chi connectivity index (χ2v) is 6.20. The summed E-state index contributed by atoms with van der Waals surface area (Å²) in [5.74, 6) is 0.892. The summed E-state index contributed by atoms with van der Waals surface area (Å²) in [6, 6.07) is 11.6. The molecule has 0 aliphatic carbocycles. The van der Waals surface area contributed by atoms with Crippen molar-refractivity contribution in [2.45, 2.75) is 26.2 Å². The van der Waals surface area contributed by atoms with Gasteiger partial charge in [-0.1, -0.05) is 31.5 Å². The summed E-state index contributed by atoms with van der Waals surface area (Å²) in [5.41, 5.74) is 2.44. The third kappa shape index (κ3) is 3.92. The van der Waals surface area contributed by atoms with E-state index in [1.54, 1.807) is 11.3 Å². The smallest absolute Gasteiger partial charge is 0.312 e. The number of esters is 1. The average molecular weight is 341 g/mol. The van der Waals surface area contributed by atoms with Crippen molar-refractivity contribution >= 4 is 17.3 Å². The Hall–Kier alpha value is -2.40. The molecule has 0 saturated carbocycles. The average Bonchev–Trinajstić information content (AvgIpc) is 3.25. The van der Waals surface area contributed by atoms with Crippen LogP contribution >= 0.6 is 11.3 Å². The van der Waals surface area contributed by atoms with Crippen molar-refractivity contribution in [3.05, 3.63) is 52.9 Å². The zero-order valence-electron chi connectivity index (χ0n) is 13.5. The van der Waals surface area contributed by atoms with Crippen LogP contribution in [-0.2, 0) is 16.0 Å². The lowest BCUT2D eigenvalue weighted by atomic mass is 10.2. The van der Waals surface area contributed by atoms with Crippen molar-refractivity contribution < 1.29 is 13.9 Å². The number of benzene rings is 1. The summed E-state index contributed by atoms with van der Waals surface area (Å²) in [7, 11) is 0. The first-order chi connectivity index (χ1) is 11.8. The van der Waals surface area contributed by atoms with E-state index in [2.05, 4.69) is 11.9 Å². The number of thiophene rings is 1. The van der Waals surface area contributed by atoms with Gasteiger partial charge in [0.25, 0.3) is 0 Å². The Bertz CT molecular complexity index is 778. The molecule has 5 heteroatoms. The first-order valence-electron chi connectivity index (χ1n) is 8.01. The zero-order chi connectivity index (χ0) is 16.8. The number of hydrogen-bond donors (Lipinski definition) is 0. The first-order valence-corrected chi connectivity index (χ1v) is 8.95. The van der Waals surface area contributed by atoms with Gasteiger partial charge in [0, 0.05) is 16.5 Å². The zero-order valence-corrected chi connectivity index (χ0v) is 14.3. The van der Waals surface area contributed by atoms with E-state index < -0.39 is 0 Å². The van der Waals surface area contributed by atoms with Crippen molar-refractivity contribution in [3.63, 3.8) is 0 Å². The molecule has 2 heterocycles. The highest BCUT2D eigenvalue weighted by atomic mass is 32.1. The molecule has 0 aliphatic heterocycles. The molecule has 0 saturated heterocycles. The van der Waals surface area contributed by atoms with Crippen molar-refractivity contribution in [2.75, 3.05) is 6.61 Å². The summed E-state index contributed by atoms with van der Waals surface area (Å²) >= 11 is 1.58. The van der Waals surface area contributed by atoms with Crippen LogP contribution < -0.4 is 0 Å². The normalized spacial score (nSPS) is 10.7. The maximum absolute atomic E-state index is 12.1. The highest BCUT2D eigenvalue weighted by Gasteiger charge is 2.19. The topological polar surface area (TPSA) is 52.3 Å². The number of carbonyl (C=O) groups is 1. The molecule has 0 amide bonds. The van der Waals surface area contributed by atoms with Gasteiger partial charge in [0.1, 0.15) is 0 Å². The predicted molar refractivity (Wildman–Crippen MR) is 94.8 cm³/mol. The molecule has 0 spiro atoms. The van der Waals surface area contributed by atoms with Crippen LogP contribution in [-0.4, -0.2) is 17.6 Å². The third-order valence-electron chi connectivity index (χ3n) is 3.57. The van der Waals surface area contributed by atoms with Crippen LogP contribution in [0.4, 0.5) is 0 Å². The van der Waals surface area contributed by atoms with E-state index in [9.17, 15) is 4.79 Å². The molecular weight excluding hydrogens is 322 g/mol. The molecule has 0 aliphatic rings. The lowest BCUT2D eigenvalue weighted by Crippen LogP contribution is -2.09. The molecule has 1 aromatic carbocycles. The minimum Gasteiger partial charge on any atom is -0.465 e. The monoisotopic (exact) mass is 341 g/mol. The van der Waals surface area contributed by atoms with Crippen molar-refractivity contribution in [2.24, 2.45) is 0 Å². The van der Waals surface area contributed by atoms with Crippen molar-refractivity contribution in [3.8, 4) is 22.8 Å². The molecule has 0 bridgehead atoms. The maximum Gasteiger partial charge on any atom is 0.312 e. The van der Waals surface area contributed by atoms with Crippen molar-refractivity contribution in [1.82, 2.24) is 4.98 Å². The van der Waals surface area contributed by atoms with Gasteiger partial charge >= 0.3 is 5.97 Å². The minimum atomic E-state index is -0.271. The van der Waals surface area contributed by atoms with Crippen LogP contribution in [0.5, 0.6) is 0 Å². The quantitative estimate of drug-likeness (QED) is 0.450. The Kier molecular flexibility index (Phi) is 5.43. The molecule has 3 aromatic rings. The SMILES string of the molecule is CCCCOC(=O)Cc1nc(-c2ccccc2)oc1-c1ccsc1. The van der Waals surface area contributed by atoms with Gasteiger partial charge in [-0.05, 0) is 30.0 Å². The largest absolute Gasteiger partial charge is 0.465 e. The lowest BCUT2D eigenvalue weighted by Gasteiger charge is -2.02. The lowest BCUT2D eigenvalue weighted by molar-refractivity contribution is -0.142. The van der Waals surface area contributed by atoms with Crippen LogP contribution in [0.25, 0.3) is 22.8 Å². The molecule has 24 heavy (non-hydrogen) atoms. The predicted octanol–water partition coefficient (Wildman–Crippen LogP) is 4.96. The summed E-state index contributed by atoms with van der Waals surface area (Å²) in [4.78, 5) is 16.6. The van der Waals surface area contributed by atoms with Gasteiger partial charge in [-0.15, -0.1) is 0 Å². The molecule has 0 N–H and O–H groups in total. The summed E-state index contributed by atoms with van der Waals surface area (Å²) < 4.78 is 11.2. The Balaban J connectivity index is 1.86. The fourth-order valence-electron chi connectivity index (χ4n) is 2.31. The second kappa shape index (κ2) is 7.93. The number of rotatable bonds is 7. The summed E-state index contributed by atoms with van der Waals surface area (Å²) in [6.07, 6.45) is 1.98. The highest BCUT2D eigenvalue weighted by Crippen LogP contribution is 2.31. The van der Waals surface area contributed by atoms with Gasteiger partial charge in [-0.2, -0.15) is 11.3 Å². The van der Waals surface area contributed by atoms with Gasteiger partial charge in [0.05, 0.1) is 18.7 Å². The fraction of sp³-hybridized carbons (Fsp3) is 0.263. The van der Waals surface area contributed by atoms with Crippen molar-refractivity contribution in [1.29, 1.82) is 0 Å². The maximum atomic E-state index is 12.1. The number of ether oxygens (including phenoxy) is 1. The van der Waals surface area contributed by atoms with Crippen LogP contribution in [0.1, 0.15) is 25.5 Å². The Morgan fingerprint density at radius 3 is 2.75 bits per heavy atom. The van der Waals surface area contributed by atoms with Crippen LogP contribution in [0.15, 0.2) is 51.6 Å². The third-order valence-corrected chi connectivity index (χ3v) is 4.26. The molecular formula is C19H19NO3S. The van der Waals surface area contributed by atoms with Gasteiger partial charge in [-0.3, -0.25) is 4.79 Å². The van der Waals surface area contributed by atoms with Crippen LogP contribution in [0, 0.1) is 0 Å². The van der Waals surface area contributed by atoms with E-state index in [0.717, 1.165) is 24.0 Å². The standard InChI is InChI=1S/C19H19NO3S/c1-2-3-10-22-17(21)12-16-18(15-9-11-24-13-15)23-19(20-16)14-7-5-4-6-8-14/h4-9,11,13H,2-3,10,12H2,1H3. The Morgan fingerprint density at radius 2 is 2.04 bits per heavy atom. The van der Waals surface area contributed by atoms with E-state index in [1.165, 1.54) is 0 Å². The Morgan fingerprint density at radius 1 is 1.21 bits per heavy atom. The number of oxazole rings is 1. The van der Waals surface area contributed by atoms with E-state index in [1.807, 2.05) is 47.2 Å². The number of hydrogen-bond acceptors (Lipinski definition) is 5. The van der Waals surface area contributed by atoms with E-state index >= 15 is 0 Å². The van der Waals surface area contributed by atoms with E-state index in [-0.39, 0.29) is 12.4 Å². The molecule has 3 rings (SSSR count). The van der Waals surface area contributed by atoms with Gasteiger partial charge in [0.2, 0.25) is 5.89 Å². The molecule has 0 atom stereocenters. The second-order valence-electron chi connectivity index (χ2n) is 5.42. The number of nitrogens with zero attached hydrogens (tertiary/aromatic N) is 1.